The summed E-state index contributed by atoms with van der Waals surface area (Å²) >= 11 is 0. The Balaban J connectivity index is 1.50. The van der Waals surface area contributed by atoms with Crippen LogP contribution < -0.4 is 5.32 Å². The highest BCUT2D eigenvalue weighted by atomic mass is 32.2. The molecule has 0 bridgehead atoms. The van der Waals surface area contributed by atoms with Gasteiger partial charge in [-0.25, -0.2) is 22.2 Å². The number of hydrogen-bond donors (Lipinski definition) is 1. The van der Waals surface area contributed by atoms with Crippen LogP contribution in [0.15, 0.2) is 59.8 Å². The van der Waals surface area contributed by atoms with Crippen molar-refractivity contribution in [3.63, 3.8) is 0 Å². The van der Waals surface area contributed by atoms with Gasteiger partial charge in [0.2, 0.25) is 15.9 Å². The first-order valence-electron chi connectivity index (χ1n) is 11.1. The smallest absolute Gasteiger partial charge is 0.351 e. The molecule has 1 amide bonds. The number of benzene rings is 2. The summed E-state index contributed by atoms with van der Waals surface area (Å²) in [6, 6.07) is 7.07. The molecule has 0 unspecified atom stereocenters. The van der Waals surface area contributed by atoms with E-state index in [9.17, 15) is 35.2 Å². The summed E-state index contributed by atoms with van der Waals surface area (Å²) < 4.78 is 93.1. The van der Waals surface area contributed by atoms with E-state index >= 15 is 0 Å². The van der Waals surface area contributed by atoms with Gasteiger partial charge in [0.1, 0.15) is 17.7 Å². The Morgan fingerprint density at radius 1 is 1.08 bits per heavy atom. The molecule has 2 atom stereocenters. The number of nitrogens with one attached hydrogen (secondary N) is 1. The molecule has 0 aliphatic carbocycles. The van der Waals surface area contributed by atoms with Gasteiger partial charge >= 0.3 is 6.18 Å². The summed E-state index contributed by atoms with van der Waals surface area (Å²) in [5.74, 6) is -2.22. The Morgan fingerprint density at radius 2 is 1.78 bits per heavy atom. The number of hydrogen-bond acceptors (Lipinski definition) is 5. The van der Waals surface area contributed by atoms with Crippen molar-refractivity contribution in [3.8, 4) is 11.3 Å². The molecule has 37 heavy (non-hydrogen) atoms. The highest BCUT2D eigenvalue weighted by Crippen LogP contribution is 2.31. The lowest BCUT2D eigenvalue weighted by Crippen LogP contribution is -2.47. The van der Waals surface area contributed by atoms with Crippen molar-refractivity contribution < 1.29 is 35.2 Å². The number of aromatic nitrogens is 2. The Hall–Kier alpha value is -3.45. The topological polar surface area (TPSA) is 92.3 Å². The zero-order valence-electron chi connectivity index (χ0n) is 19.3. The highest BCUT2D eigenvalue weighted by molar-refractivity contribution is 7.89. The van der Waals surface area contributed by atoms with Crippen molar-refractivity contribution in [2.24, 2.45) is 5.92 Å². The third kappa shape index (κ3) is 5.62. The molecule has 1 saturated heterocycles. The van der Waals surface area contributed by atoms with Crippen LogP contribution >= 0.6 is 0 Å². The lowest BCUT2D eigenvalue weighted by molar-refractivity contribution is -0.141. The lowest BCUT2D eigenvalue weighted by atomic mass is 10.0. The molecule has 1 N–H and O–H groups in total. The molecule has 1 aromatic heterocycles. The number of carbonyl (C=O) groups is 1. The number of carbonyl (C=O) groups excluding carboxylic acids is 1. The van der Waals surface area contributed by atoms with Gasteiger partial charge in [0.05, 0.1) is 23.0 Å². The van der Waals surface area contributed by atoms with Crippen LogP contribution in [-0.2, 0) is 27.5 Å². The van der Waals surface area contributed by atoms with Gasteiger partial charge in [0.25, 0.3) is 0 Å². The maximum absolute atomic E-state index is 14.4. The molecule has 196 valence electrons. The molecule has 0 spiro atoms. The highest BCUT2D eigenvalue weighted by Gasteiger charge is 2.43. The maximum Gasteiger partial charge on any atom is 0.434 e. The van der Waals surface area contributed by atoms with Crippen LogP contribution in [0, 0.1) is 17.6 Å². The second-order valence-electron chi connectivity index (χ2n) is 8.60. The number of rotatable bonds is 6. The lowest BCUT2D eigenvalue weighted by Gasteiger charge is -2.25. The van der Waals surface area contributed by atoms with Crippen LogP contribution in [0.25, 0.3) is 11.3 Å². The maximum atomic E-state index is 14.4. The molecule has 4 rings (SSSR count). The summed E-state index contributed by atoms with van der Waals surface area (Å²) in [6.07, 6.45) is -2.94. The zero-order valence-corrected chi connectivity index (χ0v) is 20.2. The van der Waals surface area contributed by atoms with Gasteiger partial charge in [-0.1, -0.05) is 13.0 Å². The van der Waals surface area contributed by atoms with Crippen LogP contribution in [0.1, 0.15) is 24.6 Å². The molecular formula is C24H21F5N4O3S. The standard InChI is InChI=1S/C24H21F5N4O3S/c1-14-8-9-33(37(35,36)17-5-3-16(25)4-6-17)22(14)23(34)32-11-15-2-7-19(26)18(10-15)20-12-31-21(13-30-20)24(27,28)29/h2-7,10,12-14,22H,8-9,11H2,1H3,(H,32,34)/t14-,22-/m0/s1. The van der Waals surface area contributed by atoms with Crippen LogP contribution in [0.5, 0.6) is 0 Å². The molecule has 1 aliphatic heterocycles. The monoisotopic (exact) mass is 540 g/mol. The largest absolute Gasteiger partial charge is 0.434 e. The first-order chi connectivity index (χ1) is 17.4. The fourth-order valence-corrected chi connectivity index (χ4v) is 5.80. The minimum absolute atomic E-state index is 0.103. The van der Waals surface area contributed by atoms with E-state index in [1.807, 2.05) is 0 Å². The Kier molecular flexibility index (Phi) is 7.29. The van der Waals surface area contributed by atoms with Gasteiger partial charge in [-0.3, -0.25) is 9.78 Å². The van der Waals surface area contributed by atoms with Gasteiger partial charge in [-0.15, -0.1) is 0 Å². The predicted molar refractivity (Wildman–Crippen MR) is 122 cm³/mol. The van der Waals surface area contributed by atoms with Crippen molar-refractivity contribution in [2.45, 2.75) is 37.0 Å². The molecule has 1 fully saturated rings. The molecule has 7 nitrogen and oxygen atoms in total. The quantitative estimate of drug-likeness (QED) is 0.475. The summed E-state index contributed by atoms with van der Waals surface area (Å²) in [4.78, 5) is 19.8. The van der Waals surface area contributed by atoms with Gasteiger partial charge in [-0.05, 0) is 54.3 Å². The fourth-order valence-electron chi connectivity index (χ4n) is 4.10. The van der Waals surface area contributed by atoms with E-state index in [1.165, 1.54) is 12.1 Å². The van der Waals surface area contributed by atoms with Crippen LogP contribution in [-0.4, -0.2) is 41.2 Å². The minimum Gasteiger partial charge on any atom is -0.351 e. The summed E-state index contributed by atoms with van der Waals surface area (Å²) in [7, 11) is -4.07. The Labute approximate surface area is 209 Å². The Morgan fingerprint density at radius 3 is 2.41 bits per heavy atom. The van der Waals surface area contributed by atoms with Crippen molar-refractivity contribution in [3.05, 3.63) is 77.8 Å². The van der Waals surface area contributed by atoms with E-state index in [4.69, 9.17) is 0 Å². The average Bonchev–Trinajstić information content (AvgIpc) is 3.25. The van der Waals surface area contributed by atoms with E-state index in [2.05, 4.69) is 15.3 Å². The molecule has 3 aromatic rings. The van der Waals surface area contributed by atoms with Crippen molar-refractivity contribution in [1.82, 2.24) is 19.6 Å². The van der Waals surface area contributed by atoms with E-state index < -0.39 is 45.5 Å². The summed E-state index contributed by atoms with van der Waals surface area (Å²) in [5.41, 5.74) is -1.04. The molecule has 13 heteroatoms. The number of halogens is 5. The Bertz CT molecular complexity index is 1400. The summed E-state index contributed by atoms with van der Waals surface area (Å²) in [6.45, 7) is 1.74. The molecule has 2 heterocycles. The number of alkyl halides is 3. The molecule has 2 aromatic carbocycles. The van der Waals surface area contributed by atoms with Crippen molar-refractivity contribution in [1.29, 1.82) is 0 Å². The minimum atomic E-state index is -4.69. The molecule has 0 saturated carbocycles. The zero-order chi connectivity index (χ0) is 27.0. The second-order valence-corrected chi connectivity index (χ2v) is 10.5. The summed E-state index contributed by atoms with van der Waals surface area (Å²) in [5, 5.41) is 2.65. The van der Waals surface area contributed by atoms with Crippen molar-refractivity contribution >= 4 is 15.9 Å². The van der Waals surface area contributed by atoms with Gasteiger partial charge in [0, 0.05) is 18.7 Å². The van der Waals surface area contributed by atoms with Gasteiger partial charge in [-0.2, -0.15) is 17.5 Å². The normalized spacial score (nSPS) is 18.6. The average molecular weight is 541 g/mol. The molecule has 0 radical (unpaired) electrons. The predicted octanol–water partition coefficient (Wildman–Crippen LogP) is 4.16. The van der Waals surface area contributed by atoms with Crippen LogP contribution in [0.3, 0.4) is 0 Å². The third-order valence-corrected chi connectivity index (χ3v) is 7.95. The third-order valence-electron chi connectivity index (χ3n) is 6.06. The van der Waals surface area contributed by atoms with Crippen LogP contribution in [0.2, 0.25) is 0 Å². The van der Waals surface area contributed by atoms with E-state index in [0.717, 1.165) is 40.8 Å². The van der Waals surface area contributed by atoms with Gasteiger partial charge < -0.3 is 5.32 Å². The number of sulfonamides is 1. The first-order valence-corrected chi connectivity index (χ1v) is 12.5. The molecular weight excluding hydrogens is 519 g/mol. The number of nitrogens with zero attached hydrogens (tertiary/aromatic N) is 3. The fraction of sp³-hybridized carbons (Fsp3) is 0.292. The van der Waals surface area contributed by atoms with Crippen molar-refractivity contribution in [2.75, 3.05) is 6.54 Å². The number of amides is 1. The van der Waals surface area contributed by atoms with Crippen LogP contribution in [0.4, 0.5) is 22.0 Å². The van der Waals surface area contributed by atoms with E-state index in [0.29, 0.717) is 18.2 Å². The van der Waals surface area contributed by atoms with Gasteiger partial charge in [0.15, 0.2) is 5.69 Å². The second kappa shape index (κ2) is 10.1. The SMILES string of the molecule is C[C@H]1CCN(S(=O)(=O)c2ccc(F)cc2)[C@@H]1C(=O)NCc1ccc(F)c(-c2cnc(C(F)(F)F)cn2)c1. The van der Waals surface area contributed by atoms with E-state index in [-0.39, 0.29) is 35.2 Å². The molecule has 1 aliphatic rings. The van der Waals surface area contributed by atoms with E-state index in [1.54, 1.807) is 6.92 Å². The first kappa shape index (κ1) is 26.6.